The minimum atomic E-state index is -0.568. The van der Waals surface area contributed by atoms with E-state index in [0.717, 1.165) is 0 Å². The maximum Gasteiger partial charge on any atom is 0.288 e. The molecule has 0 aliphatic carbocycles. The molecule has 37 heavy (non-hydrogen) atoms. The Morgan fingerprint density at radius 3 is 1.81 bits per heavy atom. The molecular weight excluding hydrogens is 486 g/mol. The van der Waals surface area contributed by atoms with Crippen LogP contribution in [0, 0.1) is 13.8 Å². The lowest BCUT2D eigenvalue weighted by molar-refractivity contribution is 0.0950. The molecule has 0 radical (unpaired) electrons. The zero-order valence-corrected chi connectivity index (χ0v) is 19.4. The predicted molar refractivity (Wildman–Crippen MR) is 129 cm³/mol. The molecule has 3 heterocycles. The third kappa shape index (κ3) is 7.41. The van der Waals surface area contributed by atoms with Crippen molar-refractivity contribution in [1.82, 2.24) is 46.2 Å². The molecule has 7 N–H and O–H groups in total. The number of hydrazine groups is 2. The van der Waals surface area contributed by atoms with Crippen LogP contribution in [-0.2, 0) is 0 Å². The smallest absolute Gasteiger partial charge is 0.288 e. The first-order valence-electron chi connectivity index (χ1n) is 10.4. The number of H-pyrrole nitrogens is 2. The number of nitrogens with one attached hydrogen (secondary N) is 6. The number of carbonyl (C=O) groups excluding carboxylic acids is 2. The third-order valence-corrected chi connectivity index (χ3v) is 4.36. The van der Waals surface area contributed by atoms with Crippen LogP contribution in [-0.4, -0.2) is 52.3 Å². The van der Waals surface area contributed by atoms with Crippen molar-refractivity contribution >= 4 is 23.7 Å². The number of pyridine rings is 1. The number of phenolic OH excluding ortho intramolecular Hbond substituents is 1. The minimum absolute atomic E-state index is 0.000582. The van der Waals surface area contributed by atoms with Gasteiger partial charge < -0.3 is 5.11 Å². The number of carbonyl (C=O) groups is 2. The third-order valence-electron chi connectivity index (χ3n) is 4.36. The van der Waals surface area contributed by atoms with E-state index in [0.29, 0.717) is 0 Å². The largest absolute Gasteiger partial charge is 0.507 e. The second-order valence-corrected chi connectivity index (χ2v) is 7.07. The Balaban J connectivity index is 0.000000206. The van der Waals surface area contributed by atoms with E-state index < -0.39 is 17.4 Å². The maximum atomic E-state index is 11.7. The van der Waals surface area contributed by atoms with Crippen molar-refractivity contribution in [3.05, 3.63) is 92.0 Å². The van der Waals surface area contributed by atoms with Crippen molar-refractivity contribution in [2.75, 3.05) is 10.9 Å². The summed E-state index contributed by atoms with van der Waals surface area (Å²) in [5.74, 6) is -1.11. The minimum Gasteiger partial charge on any atom is -0.507 e. The first-order valence-corrected chi connectivity index (χ1v) is 10.4. The average Bonchev–Trinajstić information content (AvgIpc) is 2.91. The predicted octanol–water partition coefficient (Wildman–Crippen LogP) is -0.439. The Labute approximate surface area is 207 Å². The first-order chi connectivity index (χ1) is 17.7. The number of phenols is 1. The van der Waals surface area contributed by atoms with Crippen LogP contribution < -0.4 is 32.8 Å². The fourth-order valence-electron chi connectivity index (χ4n) is 2.43. The van der Waals surface area contributed by atoms with Crippen molar-refractivity contribution < 1.29 is 14.7 Å². The van der Waals surface area contributed by atoms with Crippen molar-refractivity contribution in [2.24, 2.45) is 0 Å². The molecule has 0 bridgehead atoms. The van der Waals surface area contributed by atoms with Crippen LogP contribution in [0.5, 0.6) is 5.75 Å². The Morgan fingerprint density at radius 2 is 1.30 bits per heavy atom. The molecule has 4 rings (SSSR count). The summed E-state index contributed by atoms with van der Waals surface area (Å²) in [6.07, 6.45) is 1.50. The molecular formula is C21H21N11O5. The summed E-state index contributed by atoms with van der Waals surface area (Å²) < 4.78 is 0. The van der Waals surface area contributed by atoms with Crippen LogP contribution in [0.3, 0.4) is 0 Å². The van der Waals surface area contributed by atoms with Crippen LogP contribution in [0.25, 0.3) is 0 Å². The fourth-order valence-corrected chi connectivity index (χ4v) is 2.43. The Bertz CT molecular complexity index is 1500. The van der Waals surface area contributed by atoms with Gasteiger partial charge in [0.2, 0.25) is 11.9 Å². The van der Waals surface area contributed by atoms with Crippen molar-refractivity contribution in [1.29, 1.82) is 0 Å². The Kier molecular flexibility index (Phi) is 8.52. The van der Waals surface area contributed by atoms with Gasteiger partial charge in [-0.3, -0.25) is 55.8 Å². The number of nitrogens with zero attached hydrogens (tertiary/aromatic N) is 5. The van der Waals surface area contributed by atoms with E-state index in [4.69, 9.17) is 0 Å². The molecule has 2 amide bonds. The van der Waals surface area contributed by atoms with E-state index in [1.165, 1.54) is 32.2 Å². The Morgan fingerprint density at radius 1 is 0.757 bits per heavy atom. The van der Waals surface area contributed by atoms with Gasteiger partial charge in [-0.05, 0) is 38.1 Å². The number of aromatic nitrogens is 7. The van der Waals surface area contributed by atoms with Gasteiger partial charge in [0.15, 0.2) is 0 Å². The molecule has 4 aromatic rings. The van der Waals surface area contributed by atoms with Crippen LogP contribution >= 0.6 is 0 Å². The number of benzene rings is 1. The van der Waals surface area contributed by atoms with Crippen LogP contribution in [0.2, 0.25) is 0 Å². The summed E-state index contributed by atoms with van der Waals surface area (Å²) in [5, 5.41) is 24.0. The zero-order valence-electron chi connectivity index (χ0n) is 19.4. The molecule has 0 saturated heterocycles. The molecule has 190 valence electrons. The van der Waals surface area contributed by atoms with Gasteiger partial charge in [-0.1, -0.05) is 18.2 Å². The molecule has 1 aromatic carbocycles. The lowest BCUT2D eigenvalue weighted by atomic mass is 10.2. The highest BCUT2D eigenvalue weighted by Crippen LogP contribution is 2.14. The number of aromatic amines is 2. The number of hydrogen-bond donors (Lipinski definition) is 7. The van der Waals surface area contributed by atoms with Crippen LogP contribution in [0.15, 0.2) is 58.3 Å². The highest BCUT2D eigenvalue weighted by molar-refractivity contribution is 5.97. The molecule has 0 atom stereocenters. The van der Waals surface area contributed by atoms with E-state index >= 15 is 0 Å². The van der Waals surface area contributed by atoms with E-state index in [1.807, 2.05) is 0 Å². The normalized spacial score (nSPS) is 9.89. The summed E-state index contributed by atoms with van der Waals surface area (Å²) in [4.78, 5) is 54.4. The van der Waals surface area contributed by atoms with E-state index in [2.05, 4.69) is 57.0 Å². The Hall–Kier alpha value is -5.67. The maximum absolute atomic E-state index is 11.7. The van der Waals surface area contributed by atoms with Crippen LogP contribution in [0.1, 0.15) is 32.2 Å². The number of anilines is 2. The summed E-state index contributed by atoms with van der Waals surface area (Å²) in [5.41, 5.74) is 9.48. The molecule has 0 fully saturated rings. The molecule has 0 unspecified atom stereocenters. The molecule has 0 aliphatic heterocycles. The van der Waals surface area contributed by atoms with Crippen LogP contribution in [0.4, 0.5) is 11.9 Å². The van der Waals surface area contributed by atoms with Crippen molar-refractivity contribution in [2.45, 2.75) is 13.8 Å². The van der Waals surface area contributed by atoms with Gasteiger partial charge in [0.05, 0.1) is 5.56 Å². The molecule has 0 aliphatic rings. The van der Waals surface area contributed by atoms with Gasteiger partial charge in [-0.25, -0.2) is 0 Å². The summed E-state index contributed by atoms with van der Waals surface area (Å²) in [7, 11) is 0. The number of aryl methyl sites for hydroxylation is 2. The molecule has 16 heteroatoms. The highest BCUT2D eigenvalue weighted by Gasteiger charge is 2.10. The second-order valence-electron chi connectivity index (χ2n) is 7.07. The summed E-state index contributed by atoms with van der Waals surface area (Å²) in [6, 6.07) is 11.0. The van der Waals surface area contributed by atoms with Crippen molar-refractivity contribution in [3.63, 3.8) is 0 Å². The van der Waals surface area contributed by atoms with Gasteiger partial charge in [0, 0.05) is 6.20 Å². The lowest BCUT2D eigenvalue weighted by Crippen LogP contribution is -2.32. The lowest BCUT2D eigenvalue weighted by Gasteiger charge is -2.07. The number of para-hydroxylation sites is 1. The standard InChI is InChI=1S/C11H11N5O3.C10H10N6O2/c1-6-9(18)12-11(15-13-6)16-14-10(19)7-4-2-3-5-8(7)17;1-6-8(17)12-10(15-13-6)16-14-9(18)7-4-2-3-5-11-7/h2-5,17H,1H3,(H,14,19)(H2,12,15,16,18);2-5H,1H3,(H,14,18)(H2,12,15,16,17). The molecule has 0 spiro atoms. The average molecular weight is 507 g/mol. The molecule has 3 aromatic heterocycles. The quantitative estimate of drug-likeness (QED) is 0.165. The number of amides is 2. The SMILES string of the molecule is Cc1nnc(NNC(=O)c2ccccc2O)[nH]c1=O.Cc1nnc(NNC(=O)c2ccccn2)[nH]c1=O. The number of hydrogen-bond acceptors (Lipinski definition) is 12. The van der Waals surface area contributed by atoms with Gasteiger partial charge in [0.25, 0.3) is 22.9 Å². The van der Waals surface area contributed by atoms with E-state index in [-0.39, 0.29) is 45.9 Å². The van der Waals surface area contributed by atoms with Gasteiger partial charge in [-0.2, -0.15) is 0 Å². The number of rotatable bonds is 6. The van der Waals surface area contributed by atoms with Crippen molar-refractivity contribution in [3.8, 4) is 5.75 Å². The van der Waals surface area contributed by atoms with Gasteiger partial charge >= 0.3 is 0 Å². The highest BCUT2D eigenvalue weighted by atomic mass is 16.3. The monoisotopic (exact) mass is 507 g/mol. The number of aromatic hydroxyl groups is 1. The second kappa shape index (κ2) is 12.2. The molecule has 0 saturated carbocycles. The topological polar surface area (TPSA) is 233 Å². The zero-order chi connectivity index (χ0) is 26.8. The summed E-state index contributed by atoms with van der Waals surface area (Å²) >= 11 is 0. The molecule has 16 nitrogen and oxygen atoms in total. The van der Waals surface area contributed by atoms with E-state index in [1.54, 1.807) is 30.3 Å². The first kappa shape index (κ1) is 25.9. The fraction of sp³-hybridized carbons (Fsp3) is 0.0952. The van der Waals surface area contributed by atoms with Gasteiger partial charge in [0.1, 0.15) is 22.8 Å². The van der Waals surface area contributed by atoms with Gasteiger partial charge in [-0.15, -0.1) is 20.4 Å². The van der Waals surface area contributed by atoms with E-state index in [9.17, 15) is 24.3 Å². The summed E-state index contributed by atoms with van der Waals surface area (Å²) in [6.45, 7) is 3.04.